The number of fused-ring (bicyclic) bond motifs is 6. The Hall–Kier alpha value is -2.54. The predicted octanol–water partition coefficient (Wildman–Crippen LogP) is 6.36. The van der Waals surface area contributed by atoms with Crippen molar-refractivity contribution in [2.24, 2.45) is 23.2 Å². The maximum atomic E-state index is 13.3. The number of carbonyl (C=O) groups is 2. The van der Waals surface area contributed by atoms with Crippen LogP contribution in [0.2, 0.25) is 0 Å². The molecule has 0 spiro atoms. The molecule has 0 saturated heterocycles. The first-order valence-electron chi connectivity index (χ1n) is 13.0. The van der Waals surface area contributed by atoms with Gasteiger partial charge in [0.15, 0.2) is 16.6 Å². The lowest BCUT2D eigenvalue weighted by atomic mass is 9.54. The summed E-state index contributed by atoms with van der Waals surface area (Å²) in [5, 5.41) is 3.59. The fourth-order valence-electron chi connectivity index (χ4n) is 7.55. The number of Topliss-reactive ketones (excluding diaryl/α,β-unsaturated/α-hetero) is 1. The first-order chi connectivity index (χ1) is 16.8. The highest BCUT2D eigenvalue weighted by Crippen LogP contribution is 2.62. The molecule has 2 fully saturated rings. The van der Waals surface area contributed by atoms with Crippen LogP contribution in [-0.2, 0) is 16.0 Å². The van der Waals surface area contributed by atoms with Gasteiger partial charge in [-0.1, -0.05) is 6.92 Å². The number of rotatable bonds is 5. The second-order valence-electron chi connectivity index (χ2n) is 11.1. The van der Waals surface area contributed by atoms with Crippen molar-refractivity contribution < 1.29 is 14.0 Å². The number of nitrogens with zero attached hydrogens (tertiary/aromatic N) is 2. The standard InChI is InChI=1S/C28H33N3O3S/c1-15-14-29-27(35-15)31-25(33)6-4-5-18-12-24(32)28(3)10-9-19-20(26(18)28)8-7-17-11-23-22(13-21(17)19)30-16(2)34-23/h11,13-14,18-20,26H,4-10,12H2,1-3H3,(H,29,31,33)/t18-,19?,20?,26?,28-/m1/s1. The van der Waals surface area contributed by atoms with E-state index in [0.717, 1.165) is 54.5 Å². The third-order valence-electron chi connectivity index (χ3n) is 9.03. The minimum absolute atomic E-state index is 0.0199. The number of hydrogen-bond acceptors (Lipinski definition) is 6. The van der Waals surface area contributed by atoms with E-state index in [1.807, 2.05) is 13.8 Å². The number of thiazole rings is 1. The summed E-state index contributed by atoms with van der Waals surface area (Å²) in [7, 11) is 0. The van der Waals surface area contributed by atoms with Gasteiger partial charge in [0.1, 0.15) is 11.3 Å². The second-order valence-corrected chi connectivity index (χ2v) is 12.4. The van der Waals surface area contributed by atoms with Gasteiger partial charge in [-0.05, 0) is 92.4 Å². The van der Waals surface area contributed by atoms with Gasteiger partial charge >= 0.3 is 0 Å². The summed E-state index contributed by atoms with van der Waals surface area (Å²) in [5.41, 5.74) is 4.46. The highest BCUT2D eigenvalue weighted by Gasteiger charge is 2.58. The van der Waals surface area contributed by atoms with Crippen LogP contribution >= 0.6 is 11.3 Å². The minimum Gasteiger partial charge on any atom is -0.441 e. The zero-order valence-electron chi connectivity index (χ0n) is 20.7. The van der Waals surface area contributed by atoms with Gasteiger partial charge in [0, 0.05) is 36.3 Å². The minimum atomic E-state index is -0.210. The first-order valence-corrected chi connectivity index (χ1v) is 13.8. The molecule has 6 rings (SSSR count). The molecule has 2 heterocycles. The molecule has 0 bridgehead atoms. The van der Waals surface area contributed by atoms with E-state index in [-0.39, 0.29) is 11.3 Å². The first kappa shape index (κ1) is 22.9. The highest BCUT2D eigenvalue weighted by atomic mass is 32.1. The Morgan fingerprint density at radius 1 is 1.29 bits per heavy atom. The van der Waals surface area contributed by atoms with Crippen molar-refractivity contribution in [2.45, 2.75) is 78.1 Å². The van der Waals surface area contributed by atoms with E-state index < -0.39 is 0 Å². The third kappa shape index (κ3) is 3.92. The maximum absolute atomic E-state index is 13.3. The second kappa shape index (κ2) is 8.54. The quantitative estimate of drug-likeness (QED) is 0.449. The molecule has 0 radical (unpaired) electrons. The summed E-state index contributed by atoms with van der Waals surface area (Å²) >= 11 is 1.50. The molecule has 1 amide bonds. The molecule has 5 atom stereocenters. The molecule has 0 aliphatic heterocycles. The van der Waals surface area contributed by atoms with Crippen molar-refractivity contribution >= 4 is 39.3 Å². The summed E-state index contributed by atoms with van der Waals surface area (Å²) < 4.78 is 5.80. The molecule has 2 aromatic heterocycles. The van der Waals surface area contributed by atoms with Gasteiger partial charge < -0.3 is 9.73 Å². The number of aryl methyl sites for hydroxylation is 3. The van der Waals surface area contributed by atoms with Crippen LogP contribution in [0.5, 0.6) is 0 Å². The molecule has 3 unspecified atom stereocenters. The van der Waals surface area contributed by atoms with Gasteiger partial charge in [0.2, 0.25) is 5.91 Å². The Morgan fingerprint density at radius 3 is 2.94 bits per heavy atom. The van der Waals surface area contributed by atoms with Crippen molar-refractivity contribution in [3.63, 3.8) is 0 Å². The SMILES string of the molecule is Cc1nc2cc3c(cc2o1)CCC1C3CC[C@]2(C)C(=O)C[C@@H](CCCC(=O)Nc3ncc(C)s3)C12. The number of nitrogens with one attached hydrogen (secondary N) is 1. The average Bonchev–Trinajstić information content (AvgIpc) is 3.46. The maximum Gasteiger partial charge on any atom is 0.226 e. The number of hydrogen-bond donors (Lipinski definition) is 1. The van der Waals surface area contributed by atoms with E-state index in [1.54, 1.807) is 6.20 Å². The summed E-state index contributed by atoms with van der Waals surface area (Å²) in [6, 6.07) is 4.46. The van der Waals surface area contributed by atoms with Gasteiger partial charge in [-0.15, -0.1) is 11.3 Å². The van der Waals surface area contributed by atoms with E-state index in [2.05, 4.69) is 34.3 Å². The highest BCUT2D eigenvalue weighted by molar-refractivity contribution is 7.15. The van der Waals surface area contributed by atoms with E-state index in [0.29, 0.717) is 53.3 Å². The number of anilines is 1. The van der Waals surface area contributed by atoms with Gasteiger partial charge in [-0.25, -0.2) is 9.97 Å². The lowest BCUT2D eigenvalue weighted by molar-refractivity contribution is -0.129. The smallest absolute Gasteiger partial charge is 0.226 e. The van der Waals surface area contributed by atoms with Crippen LogP contribution in [0.25, 0.3) is 11.1 Å². The molecule has 1 aromatic carbocycles. The molecule has 3 aromatic rings. The van der Waals surface area contributed by atoms with Gasteiger partial charge in [-0.2, -0.15) is 0 Å². The topological polar surface area (TPSA) is 85.1 Å². The van der Waals surface area contributed by atoms with Crippen molar-refractivity contribution in [3.05, 3.63) is 40.2 Å². The molecule has 3 aliphatic carbocycles. The normalized spacial score (nSPS) is 29.6. The lowest BCUT2D eigenvalue weighted by Gasteiger charge is -2.50. The fraction of sp³-hybridized carbons (Fsp3) is 0.571. The van der Waals surface area contributed by atoms with E-state index in [9.17, 15) is 9.59 Å². The van der Waals surface area contributed by atoms with Crippen LogP contribution in [0.15, 0.2) is 22.7 Å². The molecular weight excluding hydrogens is 458 g/mol. The number of carbonyl (C=O) groups excluding carboxylic acids is 2. The molecule has 35 heavy (non-hydrogen) atoms. The zero-order valence-corrected chi connectivity index (χ0v) is 21.5. The molecule has 7 heteroatoms. The fourth-order valence-corrected chi connectivity index (χ4v) is 8.23. The summed E-state index contributed by atoms with van der Waals surface area (Å²) in [4.78, 5) is 35.6. The molecule has 2 saturated carbocycles. The molecule has 3 aliphatic rings. The summed E-state index contributed by atoms with van der Waals surface area (Å²) in [6.07, 6.45) is 8.89. The lowest BCUT2D eigenvalue weighted by Crippen LogP contribution is -2.44. The number of oxazole rings is 1. The van der Waals surface area contributed by atoms with Crippen molar-refractivity contribution in [2.75, 3.05) is 5.32 Å². The molecule has 184 valence electrons. The van der Waals surface area contributed by atoms with E-state index >= 15 is 0 Å². The Kier molecular flexibility index (Phi) is 5.59. The molecule has 6 nitrogen and oxygen atoms in total. The van der Waals surface area contributed by atoms with Gasteiger partial charge in [0.25, 0.3) is 0 Å². The Balaban J connectivity index is 1.19. The zero-order chi connectivity index (χ0) is 24.3. The monoisotopic (exact) mass is 491 g/mol. The number of ketones is 1. The van der Waals surface area contributed by atoms with Crippen LogP contribution < -0.4 is 5.32 Å². The van der Waals surface area contributed by atoms with Crippen LogP contribution in [0.4, 0.5) is 5.13 Å². The Morgan fingerprint density at radius 2 is 2.14 bits per heavy atom. The van der Waals surface area contributed by atoms with Crippen LogP contribution in [0.3, 0.4) is 0 Å². The number of amides is 1. The number of aromatic nitrogens is 2. The van der Waals surface area contributed by atoms with Crippen LogP contribution in [-0.4, -0.2) is 21.7 Å². The van der Waals surface area contributed by atoms with Crippen molar-refractivity contribution in [1.82, 2.24) is 9.97 Å². The Labute approximate surface area is 209 Å². The van der Waals surface area contributed by atoms with Gasteiger partial charge in [-0.3, -0.25) is 9.59 Å². The van der Waals surface area contributed by atoms with Gasteiger partial charge in [0.05, 0.1) is 0 Å². The van der Waals surface area contributed by atoms with E-state index in [4.69, 9.17) is 4.42 Å². The number of benzene rings is 1. The van der Waals surface area contributed by atoms with Crippen LogP contribution in [0.1, 0.15) is 79.7 Å². The molecular formula is C28H33N3O3S. The third-order valence-corrected chi connectivity index (χ3v) is 9.86. The largest absolute Gasteiger partial charge is 0.441 e. The average molecular weight is 492 g/mol. The predicted molar refractivity (Wildman–Crippen MR) is 137 cm³/mol. The van der Waals surface area contributed by atoms with E-state index in [1.165, 1.54) is 22.5 Å². The molecule has 1 N–H and O–H groups in total. The summed E-state index contributed by atoms with van der Waals surface area (Å²) in [5.74, 6) is 2.97. The Bertz CT molecular complexity index is 1310. The van der Waals surface area contributed by atoms with Crippen molar-refractivity contribution in [1.29, 1.82) is 0 Å². The van der Waals surface area contributed by atoms with Crippen LogP contribution in [0, 0.1) is 37.0 Å². The van der Waals surface area contributed by atoms with Crippen molar-refractivity contribution in [3.8, 4) is 0 Å². The summed E-state index contributed by atoms with van der Waals surface area (Å²) in [6.45, 7) is 6.12.